The molecule has 0 aromatic heterocycles. The molecule has 0 radical (unpaired) electrons. The van der Waals surface area contributed by atoms with Crippen molar-refractivity contribution in [3.8, 4) is 0 Å². The minimum absolute atomic E-state index is 0.197. The number of fused-ring (bicyclic) bond motifs is 2. The summed E-state index contributed by atoms with van der Waals surface area (Å²) in [5.41, 5.74) is 3.20. The number of β-amino-alcohol motifs (C(OH)–C–C–N with tert-alkyl or cyclic N) is 1. The van der Waals surface area contributed by atoms with Crippen LogP contribution in [0.1, 0.15) is 30.1 Å². The first-order valence-corrected chi connectivity index (χ1v) is 15.3. The summed E-state index contributed by atoms with van der Waals surface area (Å²) < 4.78 is 0. The van der Waals surface area contributed by atoms with E-state index in [2.05, 4.69) is 51.1 Å². The second-order valence-electron chi connectivity index (χ2n) is 9.96. The number of carbonyl (C=O) groups is 5. The van der Waals surface area contributed by atoms with Crippen LogP contribution >= 0.6 is 11.8 Å². The molecule has 248 valence electrons. The lowest BCUT2D eigenvalue weighted by atomic mass is 10.1. The zero-order valence-corrected chi connectivity index (χ0v) is 26.3. The van der Waals surface area contributed by atoms with Gasteiger partial charge >= 0.3 is 23.9 Å². The van der Waals surface area contributed by atoms with E-state index < -0.39 is 23.9 Å². The molecule has 2 aromatic carbocycles. The van der Waals surface area contributed by atoms with Gasteiger partial charge in [0.15, 0.2) is 5.78 Å². The molecular formula is C32H39N3O10S. The average Bonchev–Trinajstić information content (AvgIpc) is 3.03. The first-order chi connectivity index (χ1) is 21.9. The van der Waals surface area contributed by atoms with Crippen molar-refractivity contribution in [3.05, 3.63) is 72.3 Å². The van der Waals surface area contributed by atoms with Gasteiger partial charge in [-0.3, -0.25) is 9.69 Å². The van der Waals surface area contributed by atoms with E-state index in [1.165, 1.54) is 15.5 Å². The topological polar surface area (TPSA) is 196 Å². The number of anilines is 2. The largest absolute Gasteiger partial charge is 0.478 e. The first kappa shape index (κ1) is 37.7. The second-order valence-corrected chi connectivity index (χ2v) is 11.0. The Labute approximate surface area is 271 Å². The van der Waals surface area contributed by atoms with Crippen molar-refractivity contribution in [2.75, 3.05) is 57.3 Å². The number of hydrogen-bond acceptors (Lipinski definition) is 10. The molecule has 0 bridgehead atoms. The number of rotatable bonds is 12. The molecule has 0 spiro atoms. The maximum Gasteiger partial charge on any atom is 0.328 e. The Morgan fingerprint density at radius 1 is 0.696 bits per heavy atom. The lowest BCUT2D eigenvalue weighted by Crippen LogP contribution is -2.47. The van der Waals surface area contributed by atoms with Crippen LogP contribution in [0.4, 0.5) is 11.4 Å². The van der Waals surface area contributed by atoms with E-state index in [-0.39, 0.29) is 12.4 Å². The number of carbonyl (C=O) groups excluding carboxylic acids is 1. The summed E-state index contributed by atoms with van der Waals surface area (Å²) in [5, 5.41) is 40.4. The van der Waals surface area contributed by atoms with Crippen LogP contribution in [-0.2, 0) is 19.2 Å². The Kier molecular flexibility index (Phi) is 16.2. The summed E-state index contributed by atoms with van der Waals surface area (Å²) in [7, 11) is 0. The molecule has 14 heteroatoms. The molecule has 0 saturated carbocycles. The fourth-order valence-electron chi connectivity index (χ4n) is 4.56. The van der Waals surface area contributed by atoms with Gasteiger partial charge in [0.25, 0.3) is 0 Å². The van der Waals surface area contributed by atoms with Gasteiger partial charge in [0.1, 0.15) is 0 Å². The number of aliphatic hydroxyl groups excluding tert-OH is 1. The fourth-order valence-corrected chi connectivity index (χ4v) is 5.64. The molecule has 4 rings (SSSR count). The molecule has 0 atom stereocenters. The SMILES string of the molecule is CCC(=O)c1ccc2c(c1)N(CCCN1CCN(CCO)CC1)c1ccccc1S2.O=C(O)C=CC(=O)O.O=C(O)C=CC(=O)O. The van der Waals surface area contributed by atoms with Gasteiger partial charge in [0, 0.05) is 85.3 Å². The minimum Gasteiger partial charge on any atom is -0.478 e. The van der Waals surface area contributed by atoms with E-state index in [0.717, 1.165) is 63.5 Å². The van der Waals surface area contributed by atoms with Crippen LogP contribution in [0, 0.1) is 0 Å². The number of benzene rings is 2. The molecule has 13 nitrogen and oxygen atoms in total. The van der Waals surface area contributed by atoms with E-state index in [0.29, 0.717) is 30.7 Å². The maximum absolute atomic E-state index is 12.3. The normalized spacial score (nSPS) is 14.3. The van der Waals surface area contributed by atoms with E-state index in [4.69, 9.17) is 25.5 Å². The Morgan fingerprint density at radius 3 is 1.70 bits per heavy atom. The summed E-state index contributed by atoms with van der Waals surface area (Å²) in [4.78, 5) is 60.3. The lowest BCUT2D eigenvalue weighted by Gasteiger charge is -2.36. The van der Waals surface area contributed by atoms with E-state index >= 15 is 0 Å². The number of para-hydroxylation sites is 1. The number of carboxylic acid groups (broad SMARTS) is 4. The Hall–Kier alpha value is -4.50. The van der Waals surface area contributed by atoms with Crippen LogP contribution < -0.4 is 4.90 Å². The van der Waals surface area contributed by atoms with Crippen molar-refractivity contribution >= 4 is 52.8 Å². The van der Waals surface area contributed by atoms with Crippen molar-refractivity contribution in [1.29, 1.82) is 0 Å². The van der Waals surface area contributed by atoms with Gasteiger partial charge in [-0.2, -0.15) is 0 Å². The predicted octanol–water partition coefficient (Wildman–Crippen LogP) is 3.31. The molecule has 2 aliphatic heterocycles. The van der Waals surface area contributed by atoms with Gasteiger partial charge in [-0.05, 0) is 37.2 Å². The van der Waals surface area contributed by atoms with Gasteiger partial charge in [0.05, 0.1) is 18.0 Å². The highest BCUT2D eigenvalue weighted by atomic mass is 32.2. The zero-order chi connectivity index (χ0) is 34.1. The zero-order valence-electron chi connectivity index (χ0n) is 25.4. The Morgan fingerprint density at radius 2 is 1.20 bits per heavy atom. The van der Waals surface area contributed by atoms with E-state index in [9.17, 15) is 24.0 Å². The van der Waals surface area contributed by atoms with Crippen LogP contribution in [0.25, 0.3) is 0 Å². The second kappa shape index (κ2) is 19.8. The fraction of sp³-hybridized carbons (Fsp3) is 0.344. The van der Waals surface area contributed by atoms with Gasteiger partial charge in [-0.25, -0.2) is 19.2 Å². The monoisotopic (exact) mass is 657 g/mol. The molecular weight excluding hydrogens is 618 g/mol. The summed E-state index contributed by atoms with van der Waals surface area (Å²) in [5.74, 6) is -4.83. The van der Waals surface area contributed by atoms with Crippen molar-refractivity contribution in [2.24, 2.45) is 0 Å². The van der Waals surface area contributed by atoms with Crippen molar-refractivity contribution in [2.45, 2.75) is 29.6 Å². The third-order valence-corrected chi connectivity index (χ3v) is 7.87. The van der Waals surface area contributed by atoms with Crippen LogP contribution in [0.15, 0.2) is 76.6 Å². The molecule has 0 unspecified atom stereocenters. The van der Waals surface area contributed by atoms with Gasteiger partial charge in [-0.15, -0.1) is 0 Å². The van der Waals surface area contributed by atoms with Crippen LogP contribution in [0.2, 0.25) is 0 Å². The number of aliphatic hydroxyl groups is 1. The minimum atomic E-state index is -1.26. The number of ketones is 1. The van der Waals surface area contributed by atoms with Crippen LogP contribution in [0.5, 0.6) is 0 Å². The number of carboxylic acids is 4. The predicted molar refractivity (Wildman–Crippen MR) is 172 cm³/mol. The number of Topliss-reactive ketones (excluding diaryl/α,β-unsaturated/α-hetero) is 1. The molecule has 2 heterocycles. The third kappa shape index (κ3) is 13.2. The highest BCUT2D eigenvalue weighted by Gasteiger charge is 2.24. The molecule has 2 aliphatic rings. The van der Waals surface area contributed by atoms with Gasteiger partial charge < -0.3 is 35.3 Å². The molecule has 0 aliphatic carbocycles. The number of aliphatic carboxylic acids is 4. The summed E-state index contributed by atoms with van der Waals surface area (Å²) in [6.07, 6.45) is 3.84. The summed E-state index contributed by atoms with van der Waals surface area (Å²) >= 11 is 1.79. The maximum atomic E-state index is 12.3. The number of nitrogens with zero attached hydrogens (tertiary/aromatic N) is 3. The lowest BCUT2D eigenvalue weighted by molar-refractivity contribution is -0.134. The Bertz CT molecular complexity index is 1350. The third-order valence-electron chi connectivity index (χ3n) is 6.74. The number of hydrogen-bond donors (Lipinski definition) is 5. The van der Waals surface area contributed by atoms with Crippen molar-refractivity contribution < 1.29 is 49.5 Å². The molecule has 1 saturated heterocycles. The number of piperazine rings is 1. The molecule has 1 fully saturated rings. The molecule has 0 amide bonds. The highest BCUT2D eigenvalue weighted by Crippen LogP contribution is 2.48. The van der Waals surface area contributed by atoms with Crippen LogP contribution in [-0.4, -0.2) is 117 Å². The van der Waals surface area contributed by atoms with Crippen molar-refractivity contribution in [1.82, 2.24) is 9.80 Å². The Balaban J connectivity index is 0.000000381. The van der Waals surface area contributed by atoms with Crippen LogP contribution in [0.3, 0.4) is 0 Å². The average molecular weight is 658 g/mol. The standard InChI is InChI=1S/C24H31N3O2S.2C4H4O4/c1-2-22(29)19-8-9-24-21(18-19)27(20-6-3-4-7-23(20)30-24)11-5-10-25-12-14-26(15-13-25)16-17-28;2*5-3(6)1-2-4(7)8/h3-4,6-9,18,28H,2,5,10-17H2,1H3;2*1-2H,(H,5,6)(H,7,8). The molecule has 2 aromatic rings. The summed E-state index contributed by atoms with van der Waals surface area (Å²) in [6, 6.07) is 14.7. The molecule has 46 heavy (non-hydrogen) atoms. The summed E-state index contributed by atoms with van der Waals surface area (Å²) in [6.45, 7) is 9.16. The first-order valence-electron chi connectivity index (χ1n) is 14.5. The van der Waals surface area contributed by atoms with Gasteiger partial charge in [-0.1, -0.05) is 36.9 Å². The quantitative estimate of drug-likeness (QED) is 0.165. The highest BCUT2D eigenvalue weighted by molar-refractivity contribution is 7.99. The van der Waals surface area contributed by atoms with E-state index in [1.807, 2.05) is 13.0 Å². The molecule has 5 N–H and O–H groups in total. The van der Waals surface area contributed by atoms with E-state index in [1.54, 1.807) is 11.8 Å². The van der Waals surface area contributed by atoms with Crippen molar-refractivity contribution in [3.63, 3.8) is 0 Å². The van der Waals surface area contributed by atoms with Gasteiger partial charge in [0.2, 0.25) is 0 Å². The smallest absolute Gasteiger partial charge is 0.328 e.